The Balaban J connectivity index is 2.29. The fraction of sp³-hybridized carbons (Fsp3) is 0.364. The molecule has 15 heavy (non-hydrogen) atoms. The van der Waals surface area contributed by atoms with Crippen molar-refractivity contribution in [3.05, 3.63) is 34.2 Å². The average Bonchev–Trinajstić information content (AvgIpc) is 2.59. The Labute approximate surface area is 87.3 Å². The summed E-state index contributed by atoms with van der Waals surface area (Å²) in [5, 5.41) is 0. The Morgan fingerprint density at radius 1 is 1.33 bits per heavy atom. The Kier molecular flexibility index (Phi) is 2.87. The van der Waals surface area contributed by atoms with Crippen LogP contribution in [-0.2, 0) is 11.3 Å². The molecule has 4 nitrogen and oxygen atoms in total. The summed E-state index contributed by atoms with van der Waals surface area (Å²) in [6.07, 6.45) is 1.000. The molecule has 0 amide bonds. The maximum absolute atomic E-state index is 11.1. The third-order valence-electron chi connectivity index (χ3n) is 2.24. The smallest absolute Gasteiger partial charge is 0.323 e. The first kappa shape index (κ1) is 9.98. The van der Waals surface area contributed by atoms with Gasteiger partial charge in [-0.05, 0) is 12.5 Å². The van der Waals surface area contributed by atoms with Gasteiger partial charge in [-0.3, -0.25) is 0 Å². The summed E-state index contributed by atoms with van der Waals surface area (Å²) < 4.78 is 5.45. The van der Waals surface area contributed by atoms with E-state index in [9.17, 15) is 4.79 Å². The number of aromatic amines is 2. The highest BCUT2D eigenvalue weighted by Crippen LogP contribution is 2.13. The summed E-state index contributed by atoms with van der Waals surface area (Å²) in [4.78, 5) is 16.6. The maximum Gasteiger partial charge on any atom is 0.323 e. The molecule has 0 aliphatic heterocycles. The first-order valence-electron chi connectivity index (χ1n) is 5.09. The zero-order valence-electron chi connectivity index (χ0n) is 8.67. The molecule has 0 unspecified atom stereocenters. The van der Waals surface area contributed by atoms with Gasteiger partial charge >= 0.3 is 5.69 Å². The van der Waals surface area contributed by atoms with Gasteiger partial charge < -0.3 is 14.7 Å². The second-order valence-corrected chi connectivity index (χ2v) is 3.47. The highest BCUT2D eigenvalue weighted by Gasteiger charge is 2.03. The Morgan fingerprint density at radius 3 is 3.00 bits per heavy atom. The molecule has 0 saturated heterocycles. The zero-order valence-corrected chi connectivity index (χ0v) is 8.67. The van der Waals surface area contributed by atoms with Crippen LogP contribution in [0.4, 0.5) is 0 Å². The number of ether oxygens (including phenoxy) is 1. The monoisotopic (exact) mass is 206 g/mol. The van der Waals surface area contributed by atoms with Gasteiger partial charge in [-0.2, -0.15) is 0 Å². The second kappa shape index (κ2) is 4.31. The van der Waals surface area contributed by atoms with E-state index in [2.05, 4.69) is 16.9 Å². The predicted octanol–water partition coefficient (Wildman–Crippen LogP) is 1.78. The van der Waals surface area contributed by atoms with Crippen molar-refractivity contribution in [1.82, 2.24) is 9.97 Å². The van der Waals surface area contributed by atoms with Gasteiger partial charge in [0.15, 0.2) is 0 Å². The van der Waals surface area contributed by atoms with Crippen LogP contribution in [0.1, 0.15) is 18.9 Å². The van der Waals surface area contributed by atoms with Gasteiger partial charge in [-0.15, -0.1) is 0 Å². The second-order valence-electron chi connectivity index (χ2n) is 3.47. The predicted molar refractivity (Wildman–Crippen MR) is 58.9 cm³/mol. The normalized spacial score (nSPS) is 11.0. The van der Waals surface area contributed by atoms with Crippen molar-refractivity contribution in [2.24, 2.45) is 0 Å². The lowest BCUT2D eigenvalue weighted by Crippen LogP contribution is -2.00. The number of rotatable bonds is 4. The summed E-state index contributed by atoms with van der Waals surface area (Å²) in [7, 11) is 0. The van der Waals surface area contributed by atoms with E-state index in [4.69, 9.17) is 4.74 Å². The molecule has 4 heteroatoms. The molecule has 0 aliphatic carbocycles. The molecule has 0 saturated carbocycles. The van der Waals surface area contributed by atoms with Gasteiger partial charge in [-0.25, -0.2) is 4.79 Å². The summed E-state index contributed by atoms with van der Waals surface area (Å²) in [5.74, 6) is 0. The zero-order chi connectivity index (χ0) is 10.7. The number of hydrogen-bond acceptors (Lipinski definition) is 2. The minimum Gasteiger partial charge on any atom is -0.377 e. The summed E-state index contributed by atoms with van der Waals surface area (Å²) >= 11 is 0. The number of hydrogen-bond donors (Lipinski definition) is 2. The fourth-order valence-corrected chi connectivity index (χ4v) is 1.57. The number of nitrogens with one attached hydrogen (secondary N) is 2. The molecule has 0 spiro atoms. The van der Waals surface area contributed by atoms with Crippen molar-refractivity contribution < 1.29 is 4.74 Å². The Bertz CT molecular complexity index is 499. The molecule has 0 fully saturated rings. The summed E-state index contributed by atoms with van der Waals surface area (Å²) in [6.45, 7) is 3.35. The van der Waals surface area contributed by atoms with E-state index in [1.54, 1.807) is 0 Å². The molecule has 1 aromatic carbocycles. The van der Waals surface area contributed by atoms with E-state index >= 15 is 0 Å². The van der Waals surface area contributed by atoms with E-state index in [-0.39, 0.29) is 5.69 Å². The first-order valence-corrected chi connectivity index (χ1v) is 5.09. The van der Waals surface area contributed by atoms with Crippen LogP contribution in [0.15, 0.2) is 23.0 Å². The van der Waals surface area contributed by atoms with Crippen molar-refractivity contribution in [1.29, 1.82) is 0 Å². The number of para-hydroxylation sites is 1. The van der Waals surface area contributed by atoms with Crippen molar-refractivity contribution in [2.75, 3.05) is 6.61 Å². The van der Waals surface area contributed by atoms with E-state index in [0.717, 1.165) is 29.6 Å². The molecule has 0 atom stereocenters. The fourth-order valence-electron chi connectivity index (χ4n) is 1.57. The molecule has 2 N–H and O–H groups in total. The molecule has 1 heterocycles. The largest absolute Gasteiger partial charge is 0.377 e. The number of imidazole rings is 1. The maximum atomic E-state index is 11.1. The molecular formula is C11H14N2O2. The third kappa shape index (κ3) is 2.10. The molecule has 0 bridgehead atoms. The lowest BCUT2D eigenvalue weighted by Gasteiger charge is -2.03. The SMILES string of the molecule is CCCOCc1cccc2[nH]c(=O)[nH]c12. The number of benzene rings is 1. The standard InChI is InChI=1S/C11H14N2O2/c1-2-6-15-7-8-4-3-5-9-10(8)13-11(14)12-9/h3-5H,2,6-7H2,1H3,(H2,12,13,14). The first-order chi connectivity index (χ1) is 7.31. The molecule has 80 valence electrons. The number of aromatic nitrogens is 2. The van der Waals surface area contributed by atoms with E-state index < -0.39 is 0 Å². The van der Waals surface area contributed by atoms with Gasteiger partial charge in [0, 0.05) is 12.2 Å². The quantitative estimate of drug-likeness (QED) is 0.749. The minimum atomic E-state index is -0.173. The van der Waals surface area contributed by atoms with Crippen molar-refractivity contribution in [2.45, 2.75) is 20.0 Å². The van der Waals surface area contributed by atoms with Crippen LogP contribution >= 0.6 is 0 Å². The topological polar surface area (TPSA) is 57.9 Å². The van der Waals surface area contributed by atoms with Crippen LogP contribution in [0.2, 0.25) is 0 Å². The Hall–Kier alpha value is -1.55. The van der Waals surface area contributed by atoms with Crippen LogP contribution in [0.5, 0.6) is 0 Å². The number of H-pyrrole nitrogens is 2. The molecule has 2 rings (SSSR count). The van der Waals surface area contributed by atoms with Crippen molar-refractivity contribution in [3.8, 4) is 0 Å². The van der Waals surface area contributed by atoms with Crippen LogP contribution in [-0.4, -0.2) is 16.6 Å². The lowest BCUT2D eigenvalue weighted by atomic mass is 10.2. The molecular weight excluding hydrogens is 192 g/mol. The highest BCUT2D eigenvalue weighted by molar-refractivity contribution is 5.77. The Morgan fingerprint density at radius 2 is 2.20 bits per heavy atom. The average molecular weight is 206 g/mol. The van der Waals surface area contributed by atoms with Gasteiger partial charge in [-0.1, -0.05) is 19.1 Å². The summed E-state index contributed by atoms with van der Waals surface area (Å²) in [6, 6.07) is 5.75. The van der Waals surface area contributed by atoms with Crippen molar-refractivity contribution in [3.63, 3.8) is 0 Å². The van der Waals surface area contributed by atoms with Gasteiger partial charge in [0.2, 0.25) is 0 Å². The van der Waals surface area contributed by atoms with Crippen LogP contribution < -0.4 is 5.69 Å². The van der Waals surface area contributed by atoms with Crippen LogP contribution in [0.3, 0.4) is 0 Å². The lowest BCUT2D eigenvalue weighted by molar-refractivity contribution is 0.122. The van der Waals surface area contributed by atoms with E-state index in [1.807, 2.05) is 18.2 Å². The number of fused-ring (bicyclic) bond motifs is 1. The molecule has 0 radical (unpaired) electrons. The van der Waals surface area contributed by atoms with Gasteiger partial charge in [0.25, 0.3) is 0 Å². The van der Waals surface area contributed by atoms with E-state index in [0.29, 0.717) is 6.61 Å². The molecule has 1 aromatic heterocycles. The molecule has 0 aliphatic rings. The van der Waals surface area contributed by atoms with Gasteiger partial charge in [0.1, 0.15) is 0 Å². The van der Waals surface area contributed by atoms with Crippen LogP contribution in [0.25, 0.3) is 11.0 Å². The highest BCUT2D eigenvalue weighted by atomic mass is 16.5. The summed E-state index contributed by atoms with van der Waals surface area (Å²) in [5.41, 5.74) is 2.52. The van der Waals surface area contributed by atoms with E-state index in [1.165, 1.54) is 0 Å². The van der Waals surface area contributed by atoms with Gasteiger partial charge in [0.05, 0.1) is 17.6 Å². The van der Waals surface area contributed by atoms with Crippen molar-refractivity contribution >= 4 is 11.0 Å². The third-order valence-corrected chi connectivity index (χ3v) is 2.24. The van der Waals surface area contributed by atoms with Crippen LogP contribution in [0, 0.1) is 0 Å². The molecule has 2 aromatic rings. The minimum absolute atomic E-state index is 0.173.